The standard InChI is InChI=1S/C42H46N8O6/c1-25(2)35(47-41(53)54)39(51)49-21-7-11-33(49)37-43-23-31(45-37)28-17-13-26(14-18-28)27-15-19-29(20-16-27)32-24-44-38(46-32)34-12-8-22-50(34)40(52)36(48-42(55)56-3)30-9-5-4-6-10-30/h4-6,9-10,13-20,23-25,33-36,47H,7-8,11-12,21-22H2,1-3H3,(H,43,45)(H,44,46)(H,48,55)(H,53,54)/t33?,34?,35-,36?/m0/s1. The molecule has 2 saturated heterocycles. The number of amides is 4. The van der Waals surface area contributed by atoms with Gasteiger partial charge in [0, 0.05) is 13.1 Å². The maximum Gasteiger partial charge on any atom is 0.407 e. The van der Waals surface area contributed by atoms with Crippen LogP contribution in [0.5, 0.6) is 0 Å². The molecule has 2 aromatic heterocycles. The Balaban J connectivity index is 1.01. The van der Waals surface area contributed by atoms with Gasteiger partial charge in [-0.25, -0.2) is 19.6 Å². The molecular weight excluding hydrogens is 713 g/mol. The SMILES string of the molecule is COC(=O)NC(C(=O)N1CCCC1c1ncc(-c2ccc(-c3ccc(-c4cnc(C5CCCN5C(=O)[C@@H](NC(=O)O)C(C)C)[nH]4)cc3)cc2)[nH]1)c1ccccc1. The molecule has 14 heteroatoms. The second-order valence-electron chi connectivity index (χ2n) is 14.5. The molecule has 2 aliphatic rings. The summed E-state index contributed by atoms with van der Waals surface area (Å²) in [6, 6.07) is 23.3. The number of nitrogens with one attached hydrogen (secondary N) is 4. The number of carbonyl (C=O) groups excluding carboxylic acids is 3. The number of benzene rings is 3. The van der Waals surface area contributed by atoms with Crippen LogP contribution < -0.4 is 10.6 Å². The minimum atomic E-state index is -1.21. The van der Waals surface area contributed by atoms with Gasteiger partial charge in [-0.05, 0) is 59.4 Å². The number of alkyl carbamates (subject to hydrolysis) is 1. The summed E-state index contributed by atoms with van der Waals surface area (Å²) in [5, 5.41) is 14.4. The molecule has 0 aliphatic carbocycles. The monoisotopic (exact) mass is 758 g/mol. The number of ether oxygens (including phenoxy) is 1. The van der Waals surface area contributed by atoms with Gasteiger partial charge in [0.1, 0.15) is 23.7 Å². The van der Waals surface area contributed by atoms with Crippen LogP contribution in [0.2, 0.25) is 0 Å². The second-order valence-corrected chi connectivity index (χ2v) is 14.5. The number of imidazole rings is 2. The summed E-state index contributed by atoms with van der Waals surface area (Å²) in [6.07, 6.45) is 4.79. The molecule has 0 bridgehead atoms. The number of likely N-dealkylation sites (tertiary alicyclic amines) is 2. The van der Waals surface area contributed by atoms with Crippen molar-refractivity contribution >= 4 is 24.0 Å². The van der Waals surface area contributed by atoms with Crippen LogP contribution in [0.1, 0.15) is 74.9 Å². The summed E-state index contributed by atoms with van der Waals surface area (Å²) < 4.78 is 4.82. The number of methoxy groups -OCH3 is 1. The summed E-state index contributed by atoms with van der Waals surface area (Å²) in [5.74, 6) is 0.738. The quantitative estimate of drug-likeness (QED) is 0.0968. The van der Waals surface area contributed by atoms with Gasteiger partial charge < -0.3 is 40.2 Å². The fourth-order valence-electron chi connectivity index (χ4n) is 7.72. The third-order valence-electron chi connectivity index (χ3n) is 10.7. The average Bonchev–Trinajstić information content (AvgIpc) is 4.06. The van der Waals surface area contributed by atoms with Crippen LogP contribution in [-0.4, -0.2) is 85.1 Å². The molecule has 7 rings (SSSR count). The zero-order valence-electron chi connectivity index (χ0n) is 31.6. The van der Waals surface area contributed by atoms with Gasteiger partial charge in [-0.3, -0.25) is 9.59 Å². The van der Waals surface area contributed by atoms with E-state index in [0.717, 1.165) is 59.3 Å². The van der Waals surface area contributed by atoms with Crippen LogP contribution in [0.15, 0.2) is 91.3 Å². The first-order valence-electron chi connectivity index (χ1n) is 18.9. The lowest BCUT2D eigenvalue weighted by molar-refractivity contribution is -0.135. The van der Waals surface area contributed by atoms with E-state index in [2.05, 4.69) is 54.8 Å². The minimum absolute atomic E-state index is 0.189. The van der Waals surface area contributed by atoms with Gasteiger partial charge in [-0.2, -0.15) is 0 Å². The molecule has 56 heavy (non-hydrogen) atoms. The zero-order chi connectivity index (χ0) is 39.3. The van der Waals surface area contributed by atoms with Crippen LogP contribution in [0.4, 0.5) is 9.59 Å². The number of carboxylic acid groups (broad SMARTS) is 1. The molecule has 4 atom stereocenters. The number of aromatic amines is 2. The highest BCUT2D eigenvalue weighted by atomic mass is 16.5. The van der Waals surface area contributed by atoms with Gasteiger partial charge in [0.25, 0.3) is 5.91 Å². The van der Waals surface area contributed by atoms with Crippen LogP contribution >= 0.6 is 0 Å². The summed E-state index contributed by atoms with van der Waals surface area (Å²) in [6.45, 7) is 4.76. The van der Waals surface area contributed by atoms with Crippen molar-refractivity contribution in [3.8, 4) is 33.6 Å². The number of nitrogens with zero attached hydrogens (tertiary/aromatic N) is 4. The molecule has 4 amide bonds. The largest absolute Gasteiger partial charge is 0.465 e. The predicted molar refractivity (Wildman–Crippen MR) is 209 cm³/mol. The molecule has 2 aliphatic heterocycles. The normalized spacial score (nSPS) is 17.8. The van der Waals surface area contributed by atoms with E-state index >= 15 is 0 Å². The smallest absolute Gasteiger partial charge is 0.407 e. The lowest BCUT2D eigenvalue weighted by Gasteiger charge is -2.29. The summed E-state index contributed by atoms with van der Waals surface area (Å²) in [7, 11) is 1.28. The topological polar surface area (TPSA) is 186 Å². The number of hydrogen-bond donors (Lipinski definition) is 5. The van der Waals surface area contributed by atoms with E-state index in [0.29, 0.717) is 30.3 Å². The number of H-pyrrole nitrogens is 2. The molecule has 0 radical (unpaired) electrons. The average molecular weight is 759 g/mol. The summed E-state index contributed by atoms with van der Waals surface area (Å²) in [5.41, 5.74) is 6.33. The predicted octanol–water partition coefficient (Wildman–Crippen LogP) is 6.85. The molecule has 290 valence electrons. The molecule has 2 fully saturated rings. The molecule has 3 unspecified atom stereocenters. The Hall–Kier alpha value is -6.44. The maximum absolute atomic E-state index is 13.9. The third kappa shape index (κ3) is 7.99. The molecule has 5 N–H and O–H groups in total. The van der Waals surface area contributed by atoms with Crippen molar-refractivity contribution in [2.45, 2.75) is 63.7 Å². The van der Waals surface area contributed by atoms with Gasteiger partial charge in [0.15, 0.2) is 0 Å². The van der Waals surface area contributed by atoms with Crippen molar-refractivity contribution in [3.05, 3.63) is 108 Å². The zero-order valence-corrected chi connectivity index (χ0v) is 31.6. The van der Waals surface area contributed by atoms with E-state index in [9.17, 15) is 24.3 Å². The Kier molecular flexibility index (Phi) is 11.2. The maximum atomic E-state index is 13.9. The second kappa shape index (κ2) is 16.5. The van der Waals surface area contributed by atoms with Gasteiger partial charge in [-0.15, -0.1) is 0 Å². The Morgan fingerprint density at radius 1 is 0.714 bits per heavy atom. The molecule has 4 heterocycles. The van der Waals surface area contributed by atoms with Gasteiger partial charge in [0.05, 0.1) is 43.0 Å². The van der Waals surface area contributed by atoms with Crippen LogP contribution in [0, 0.1) is 5.92 Å². The van der Waals surface area contributed by atoms with Crippen LogP contribution in [-0.2, 0) is 14.3 Å². The van der Waals surface area contributed by atoms with E-state index < -0.39 is 24.3 Å². The van der Waals surface area contributed by atoms with E-state index in [1.165, 1.54) is 7.11 Å². The van der Waals surface area contributed by atoms with Gasteiger partial charge in [0.2, 0.25) is 5.91 Å². The molecule has 5 aromatic rings. The van der Waals surface area contributed by atoms with E-state index in [1.807, 2.05) is 68.4 Å². The minimum Gasteiger partial charge on any atom is -0.465 e. The first kappa shape index (κ1) is 37.9. The number of rotatable bonds is 11. The van der Waals surface area contributed by atoms with Crippen LogP contribution in [0.25, 0.3) is 33.6 Å². The first-order valence-corrected chi connectivity index (χ1v) is 18.9. The van der Waals surface area contributed by atoms with Crippen molar-refractivity contribution in [2.75, 3.05) is 20.2 Å². The molecule has 0 saturated carbocycles. The fraction of sp³-hybridized carbons (Fsp3) is 0.333. The van der Waals surface area contributed by atoms with Crippen molar-refractivity contribution in [1.82, 2.24) is 40.4 Å². The van der Waals surface area contributed by atoms with Crippen molar-refractivity contribution in [2.24, 2.45) is 5.92 Å². The van der Waals surface area contributed by atoms with Gasteiger partial charge >= 0.3 is 12.2 Å². The summed E-state index contributed by atoms with van der Waals surface area (Å²) >= 11 is 0. The molecular formula is C42H46N8O6. The first-order chi connectivity index (χ1) is 27.1. The fourth-order valence-corrected chi connectivity index (χ4v) is 7.72. The van der Waals surface area contributed by atoms with Crippen LogP contribution in [0.3, 0.4) is 0 Å². The number of aromatic nitrogens is 4. The highest BCUT2D eigenvalue weighted by molar-refractivity contribution is 5.88. The molecule has 0 spiro atoms. The summed E-state index contributed by atoms with van der Waals surface area (Å²) in [4.78, 5) is 70.5. The Morgan fingerprint density at radius 3 is 1.66 bits per heavy atom. The van der Waals surface area contributed by atoms with Crippen molar-refractivity contribution in [3.63, 3.8) is 0 Å². The molecule has 3 aromatic carbocycles. The van der Waals surface area contributed by atoms with E-state index in [-0.39, 0.29) is 29.8 Å². The highest BCUT2D eigenvalue weighted by Crippen LogP contribution is 2.36. The van der Waals surface area contributed by atoms with E-state index in [1.54, 1.807) is 22.2 Å². The van der Waals surface area contributed by atoms with Crippen molar-refractivity contribution in [1.29, 1.82) is 0 Å². The lowest BCUT2D eigenvalue weighted by Crippen LogP contribution is -2.50. The Morgan fingerprint density at radius 2 is 1.20 bits per heavy atom. The Bertz CT molecular complexity index is 2160. The lowest BCUT2D eigenvalue weighted by atomic mass is 10.0. The van der Waals surface area contributed by atoms with E-state index in [4.69, 9.17) is 4.74 Å². The Labute approximate surface area is 324 Å². The number of carbonyl (C=O) groups is 4. The highest BCUT2D eigenvalue weighted by Gasteiger charge is 2.38. The molecule has 14 nitrogen and oxygen atoms in total. The van der Waals surface area contributed by atoms with Crippen molar-refractivity contribution < 1.29 is 29.0 Å². The van der Waals surface area contributed by atoms with Gasteiger partial charge in [-0.1, -0.05) is 92.7 Å². The number of hydrogen-bond acceptors (Lipinski definition) is 7. The third-order valence-corrected chi connectivity index (χ3v) is 10.7.